The van der Waals surface area contributed by atoms with Crippen molar-refractivity contribution in [2.45, 2.75) is 36.3 Å². The van der Waals surface area contributed by atoms with Gasteiger partial charge in [-0.05, 0) is 77.4 Å². The van der Waals surface area contributed by atoms with Crippen LogP contribution >= 0.6 is 0 Å². The van der Waals surface area contributed by atoms with E-state index in [0.29, 0.717) is 24.0 Å². The molecule has 0 radical (unpaired) electrons. The minimum atomic E-state index is -3.64. The number of nitrogens with one attached hydrogen (secondary N) is 1. The molecule has 0 aromatic heterocycles. The Morgan fingerprint density at radius 3 is 2.54 bits per heavy atom. The van der Waals surface area contributed by atoms with Crippen molar-refractivity contribution < 1.29 is 13.2 Å². The molecule has 3 atom stereocenters. The van der Waals surface area contributed by atoms with E-state index in [4.69, 9.17) is 4.74 Å². The van der Waals surface area contributed by atoms with Crippen LogP contribution < -0.4 is 14.4 Å². The standard InChI is InChI=1S/C33H30N2O3S/c36-39(37,35-20-19-24-9-4-5-12-32(24)35)27-17-18-31-30(21-27)28-10-6-11-29(28)33(34-31)25-13-15-26(16-14-25)38-22-23-7-2-1-3-8-23/h1-10,12-18,21,28-29,33-34H,11,19-20,22H2. The fourth-order valence-electron chi connectivity index (χ4n) is 6.26. The molecule has 6 heteroatoms. The Balaban J connectivity index is 1.14. The largest absolute Gasteiger partial charge is 0.489 e. The van der Waals surface area contributed by atoms with Crippen molar-refractivity contribution in [2.24, 2.45) is 5.92 Å². The zero-order valence-electron chi connectivity index (χ0n) is 21.5. The quantitative estimate of drug-likeness (QED) is 0.275. The van der Waals surface area contributed by atoms with Gasteiger partial charge in [0.25, 0.3) is 10.0 Å². The van der Waals surface area contributed by atoms with E-state index in [9.17, 15) is 8.42 Å². The number of fused-ring (bicyclic) bond motifs is 4. The number of allylic oxidation sites excluding steroid dienone is 2. The Kier molecular flexibility index (Phi) is 5.93. The smallest absolute Gasteiger partial charge is 0.264 e. The van der Waals surface area contributed by atoms with E-state index in [1.165, 1.54) is 5.56 Å². The molecular weight excluding hydrogens is 504 g/mol. The van der Waals surface area contributed by atoms with Gasteiger partial charge in [0, 0.05) is 18.2 Å². The Morgan fingerprint density at radius 1 is 0.897 bits per heavy atom. The lowest BCUT2D eigenvalue weighted by Gasteiger charge is -2.38. The molecule has 4 aromatic rings. The Labute approximate surface area is 229 Å². The topological polar surface area (TPSA) is 58.6 Å². The second-order valence-electron chi connectivity index (χ2n) is 10.5. The first-order valence-electron chi connectivity index (χ1n) is 13.5. The number of benzene rings is 4. The van der Waals surface area contributed by atoms with Gasteiger partial charge >= 0.3 is 0 Å². The normalized spacial score (nSPS) is 21.1. The molecule has 196 valence electrons. The highest BCUT2D eigenvalue weighted by atomic mass is 32.2. The van der Waals surface area contributed by atoms with Crippen LogP contribution in [0, 0.1) is 5.92 Å². The van der Waals surface area contributed by atoms with Gasteiger partial charge in [0.05, 0.1) is 16.6 Å². The minimum Gasteiger partial charge on any atom is -0.489 e. The van der Waals surface area contributed by atoms with Gasteiger partial charge in [0.15, 0.2) is 0 Å². The summed E-state index contributed by atoms with van der Waals surface area (Å²) in [6, 6.07) is 32.0. The molecule has 0 amide bonds. The Morgan fingerprint density at radius 2 is 1.69 bits per heavy atom. The highest BCUT2D eigenvalue weighted by Gasteiger charge is 2.39. The SMILES string of the molecule is O=S(=O)(c1ccc2c(c1)C1C=CCC1C(c1ccc(OCc3ccccc3)cc1)N2)N1CCc2ccccc21. The summed E-state index contributed by atoms with van der Waals surface area (Å²) in [5, 5.41) is 3.74. The number of anilines is 2. The highest BCUT2D eigenvalue weighted by Crippen LogP contribution is 2.50. The molecule has 7 rings (SSSR count). The second kappa shape index (κ2) is 9.62. The first kappa shape index (κ1) is 24.0. The maximum absolute atomic E-state index is 13.7. The highest BCUT2D eigenvalue weighted by molar-refractivity contribution is 7.92. The van der Waals surface area contributed by atoms with Crippen LogP contribution in [0.3, 0.4) is 0 Å². The molecule has 2 aliphatic heterocycles. The lowest BCUT2D eigenvalue weighted by molar-refractivity contribution is 0.306. The minimum absolute atomic E-state index is 0.133. The van der Waals surface area contributed by atoms with Crippen molar-refractivity contribution in [3.63, 3.8) is 0 Å². The molecule has 5 nitrogen and oxygen atoms in total. The van der Waals surface area contributed by atoms with Gasteiger partial charge < -0.3 is 10.1 Å². The maximum atomic E-state index is 13.7. The van der Waals surface area contributed by atoms with Crippen molar-refractivity contribution in [1.82, 2.24) is 0 Å². The van der Waals surface area contributed by atoms with E-state index >= 15 is 0 Å². The van der Waals surface area contributed by atoms with Crippen LogP contribution in [0.1, 0.15) is 40.6 Å². The Bertz CT molecular complexity index is 1650. The molecule has 1 N–H and O–H groups in total. The lowest BCUT2D eigenvalue weighted by atomic mass is 9.77. The van der Waals surface area contributed by atoms with Crippen LogP contribution in [0.4, 0.5) is 11.4 Å². The van der Waals surface area contributed by atoms with E-state index < -0.39 is 10.0 Å². The molecule has 1 aliphatic carbocycles. The third-order valence-electron chi connectivity index (χ3n) is 8.25. The van der Waals surface area contributed by atoms with Gasteiger partial charge in [-0.15, -0.1) is 0 Å². The number of hydrogen-bond acceptors (Lipinski definition) is 4. The van der Waals surface area contributed by atoms with Gasteiger partial charge in [0.2, 0.25) is 0 Å². The summed E-state index contributed by atoms with van der Waals surface area (Å²) in [5.41, 5.74) is 6.28. The van der Waals surface area contributed by atoms with Crippen molar-refractivity contribution in [3.8, 4) is 5.75 Å². The number of para-hydroxylation sites is 1. The first-order chi connectivity index (χ1) is 19.1. The summed E-state index contributed by atoms with van der Waals surface area (Å²) in [6.07, 6.45) is 6.17. The van der Waals surface area contributed by atoms with E-state index in [0.717, 1.165) is 46.7 Å². The Hall–Kier alpha value is -4.03. The van der Waals surface area contributed by atoms with Crippen LogP contribution in [-0.2, 0) is 23.1 Å². The van der Waals surface area contributed by atoms with Crippen molar-refractivity contribution >= 4 is 21.4 Å². The molecule has 0 saturated carbocycles. The molecule has 4 aromatic carbocycles. The second-order valence-corrected chi connectivity index (χ2v) is 12.4. The van der Waals surface area contributed by atoms with Crippen LogP contribution in [0.5, 0.6) is 5.75 Å². The fourth-order valence-corrected chi connectivity index (χ4v) is 7.80. The summed E-state index contributed by atoms with van der Waals surface area (Å²) in [7, 11) is -3.64. The van der Waals surface area contributed by atoms with Crippen LogP contribution in [0.15, 0.2) is 114 Å². The summed E-state index contributed by atoms with van der Waals surface area (Å²) < 4.78 is 35.0. The van der Waals surface area contributed by atoms with E-state index in [1.807, 2.05) is 66.7 Å². The third kappa shape index (κ3) is 4.29. The maximum Gasteiger partial charge on any atom is 0.264 e. The van der Waals surface area contributed by atoms with Crippen molar-refractivity contribution in [1.29, 1.82) is 0 Å². The summed E-state index contributed by atoms with van der Waals surface area (Å²) in [6.45, 7) is 1.02. The van der Waals surface area contributed by atoms with Crippen molar-refractivity contribution in [3.05, 3.63) is 131 Å². The van der Waals surface area contributed by atoms with Crippen LogP contribution in [0.2, 0.25) is 0 Å². The predicted octanol–water partition coefficient (Wildman–Crippen LogP) is 6.84. The fraction of sp³-hybridized carbons (Fsp3) is 0.212. The zero-order valence-corrected chi connectivity index (χ0v) is 22.3. The first-order valence-corrected chi connectivity index (χ1v) is 15.0. The average Bonchev–Trinajstić information content (AvgIpc) is 3.65. The summed E-state index contributed by atoms with van der Waals surface area (Å²) >= 11 is 0. The molecule has 0 spiro atoms. The van der Waals surface area contributed by atoms with Crippen molar-refractivity contribution in [2.75, 3.05) is 16.2 Å². The number of ether oxygens (including phenoxy) is 1. The summed E-state index contributed by atoms with van der Waals surface area (Å²) in [5.74, 6) is 1.33. The van der Waals surface area contributed by atoms with Crippen LogP contribution in [0.25, 0.3) is 0 Å². The molecule has 0 saturated heterocycles. The zero-order chi connectivity index (χ0) is 26.4. The van der Waals surface area contributed by atoms with Gasteiger partial charge in [-0.25, -0.2) is 8.42 Å². The number of rotatable bonds is 6. The molecule has 2 heterocycles. The molecule has 0 fully saturated rings. The van der Waals surface area contributed by atoms with Gasteiger partial charge in [-0.1, -0.05) is 72.8 Å². The predicted molar refractivity (Wildman–Crippen MR) is 155 cm³/mol. The number of nitrogens with zero attached hydrogens (tertiary/aromatic N) is 1. The summed E-state index contributed by atoms with van der Waals surface area (Å²) in [4.78, 5) is 0.358. The van der Waals surface area contributed by atoms with E-state index in [1.54, 1.807) is 10.4 Å². The van der Waals surface area contributed by atoms with E-state index in [2.05, 4.69) is 41.7 Å². The van der Waals surface area contributed by atoms with Crippen LogP contribution in [-0.4, -0.2) is 15.0 Å². The van der Waals surface area contributed by atoms with Gasteiger partial charge in [-0.2, -0.15) is 0 Å². The number of sulfonamides is 1. The molecule has 39 heavy (non-hydrogen) atoms. The molecule has 0 bridgehead atoms. The van der Waals surface area contributed by atoms with Gasteiger partial charge in [-0.3, -0.25) is 4.31 Å². The van der Waals surface area contributed by atoms with Gasteiger partial charge in [0.1, 0.15) is 12.4 Å². The monoisotopic (exact) mass is 534 g/mol. The average molecular weight is 535 g/mol. The number of hydrogen-bond donors (Lipinski definition) is 1. The van der Waals surface area contributed by atoms with E-state index in [-0.39, 0.29) is 12.0 Å². The third-order valence-corrected chi connectivity index (χ3v) is 10.1. The molecule has 3 unspecified atom stereocenters. The molecule has 3 aliphatic rings. The lowest BCUT2D eigenvalue weighted by Crippen LogP contribution is -2.31. The molecular formula is C33H30N2O3S.